The van der Waals surface area contributed by atoms with E-state index in [1.165, 1.54) is 25.7 Å². The van der Waals surface area contributed by atoms with Gasteiger partial charge in [0, 0.05) is 19.7 Å². The van der Waals surface area contributed by atoms with Crippen molar-refractivity contribution < 1.29 is 23.8 Å². The molecule has 0 aliphatic heterocycles. The summed E-state index contributed by atoms with van der Waals surface area (Å²) in [6, 6.07) is 0. The van der Waals surface area contributed by atoms with Gasteiger partial charge in [-0.25, -0.2) is 9.59 Å². The molecule has 0 aromatic carbocycles. The second-order valence-electron chi connectivity index (χ2n) is 9.10. The average molecular weight is 475 g/mol. The molecule has 32 heavy (non-hydrogen) atoms. The number of nitrogens with one attached hydrogen (secondary N) is 2. The van der Waals surface area contributed by atoms with Crippen molar-refractivity contribution in [3.63, 3.8) is 0 Å². The Morgan fingerprint density at radius 2 is 1.62 bits per heavy atom. The quantitative estimate of drug-likeness (QED) is 0.215. The summed E-state index contributed by atoms with van der Waals surface area (Å²) in [7, 11) is 0. The minimum Gasteiger partial charge on any atom is -0.449 e. The van der Waals surface area contributed by atoms with Crippen molar-refractivity contribution in [1.82, 2.24) is 10.6 Å². The summed E-state index contributed by atoms with van der Waals surface area (Å²) < 4.78 is 16.8. The van der Waals surface area contributed by atoms with Gasteiger partial charge in [-0.15, -0.1) is 0 Å². The third kappa shape index (κ3) is 10.6. The van der Waals surface area contributed by atoms with Gasteiger partial charge in [-0.05, 0) is 56.1 Å². The molecular weight excluding hydrogens is 428 g/mol. The Morgan fingerprint density at radius 1 is 0.969 bits per heavy atom. The first-order chi connectivity index (χ1) is 15.4. The first-order valence-electron chi connectivity index (χ1n) is 12.4. The zero-order valence-corrected chi connectivity index (χ0v) is 21.5. The summed E-state index contributed by atoms with van der Waals surface area (Å²) in [6.07, 6.45) is 6.70. The Labute approximate surface area is 200 Å². The molecule has 0 aromatic heterocycles. The zero-order valence-electron chi connectivity index (χ0n) is 20.6. The number of hydrogen-bond acceptors (Lipinski definition) is 6. The van der Waals surface area contributed by atoms with Crippen LogP contribution in [0.15, 0.2) is 0 Å². The smallest absolute Gasteiger partial charge is 0.407 e. The number of rotatable bonds is 16. The van der Waals surface area contributed by atoms with Gasteiger partial charge in [0.05, 0.1) is 12.0 Å². The van der Waals surface area contributed by atoms with Crippen LogP contribution in [0.25, 0.3) is 0 Å². The van der Waals surface area contributed by atoms with Crippen molar-refractivity contribution in [2.24, 2.45) is 23.2 Å². The Hall–Kier alpha value is -1.15. The summed E-state index contributed by atoms with van der Waals surface area (Å²) in [6.45, 7) is 10.6. The summed E-state index contributed by atoms with van der Waals surface area (Å²) >= 11 is 4.20. The second kappa shape index (κ2) is 16.5. The van der Waals surface area contributed by atoms with Crippen LogP contribution in [0.3, 0.4) is 0 Å². The Morgan fingerprint density at radius 3 is 2.19 bits per heavy atom. The van der Waals surface area contributed by atoms with Gasteiger partial charge in [0.15, 0.2) is 0 Å². The van der Waals surface area contributed by atoms with E-state index >= 15 is 0 Å². The molecule has 1 aliphatic carbocycles. The van der Waals surface area contributed by atoms with E-state index in [9.17, 15) is 9.59 Å². The van der Waals surface area contributed by atoms with Crippen LogP contribution in [-0.4, -0.2) is 57.5 Å². The van der Waals surface area contributed by atoms with E-state index in [0.717, 1.165) is 24.5 Å². The predicted octanol–water partition coefficient (Wildman–Crippen LogP) is 5.04. The molecule has 0 aromatic rings. The molecule has 2 amide bonds. The van der Waals surface area contributed by atoms with E-state index in [1.807, 2.05) is 13.8 Å². The summed E-state index contributed by atoms with van der Waals surface area (Å²) in [5.74, 6) is 2.71. The SMILES string of the molecule is CCCC1CC(CC)C(CNC(=O)OCC(CC)(COCCCS)COC(=O)NCC)C1. The Bertz CT molecular complexity index is 537. The van der Waals surface area contributed by atoms with Crippen LogP contribution in [0.2, 0.25) is 0 Å². The third-order valence-electron chi connectivity index (χ3n) is 6.61. The van der Waals surface area contributed by atoms with Crippen molar-refractivity contribution in [3.05, 3.63) is 0 Å². The minimum absolute atomic E-state index is 0.128. The van der Waals surface area contributed by atoms with Crippen LogP contribution in [0.1, 0.15) is 72.6 Å². The van der Waals surface area contributed by atoms with Crippen molar-refractivity contribution in [3.8, 4) is 0 Å². The lowest BCUT2D eigenvalue weighted by Gasteiger charge is -2.31. The molecule has 0 bridgehead atoms. The van der Waals surface area contributed by atoms with Gasteiger partial charge in [0.1, 0.15) is 13.2 Å². The van der Waals surface area contributed by atoms with Gasteiger partial charge < -0.3 is 24.8 Å². The molecule has 7 nitrogen and oxygen atoms in total. The highest BCUT2D eigenvalue weighted by Gasteiger charge is 2.34. The number of thiol groups is 1. The van der Waals surface area contributed by atoms with E-state index in [1.54, 1.807) is 0 Å². The first kappa shape index (κ1) is 28.9. The molecule has 8 heteroatoms. The number of alkyl carbamates (subject to hydrolysis) is 2. The average Bonchev–Trinajstić information content (AvgIpc) is 3.19. The highest BCUT2D eigenvalue weighted by Crippen LogP contribution is 2.40. The highest BCUT2D eigenvalue weighted by molar-refractivity contribution is 7.80. The van der Waals surface area contributed by atoms with Crippen LogP contribution in [-0.2, 0) is 14.2 Å². The van der Waals surface area contributed by atoms with Gasteiger partial charge >= 0.3 is 12.2 Å². The molecule has 1 rings (SSSR count). The third-order valence-corrected chi connectivity index (χ3v) is 6.93. The van der Waals surface area contributed by atoms with Crippen molar-refractivity contribution >= 4 is 24.8 Å². The number of ether oxygens (including phenoxy) is 3. The monoisotopic (exact) mass is 474 g/mol. The van der Waals surface area contributed by atoms with Crippen molar-refractivity contribution in [2.75, 3.05) is 45.3 Å². The normalized spacial score (nSPS) is 22.2. The standard InChI is InChI=1S/C24H46N2O5S/c1-5-10-19-13-20(6-2)21(14-19)15-26-23(28)31-18-24(7-3,16-29-11-9-12-32)17-30-22(27)25-8-4/h19-21,32H,5-18H2,1-4H3,(H,25,27)(H,26,28). The fourth-order valence-electron chi connectivity index (χ4n) is 4.52. The van der Waals surface area contributed by atoms with Gasteiger partial charge in [-0.3, -0.25) is 0 Å². The molecule has 0 spiro atoms. The van der Waals surface area contributed by atoms with E-state index in [-0.39, 0.29) is 13.2 Å². The molecule has 188 valence electrons. The Kier molecular flexibility index (Phi) is 14.9. The van der Waals surface area contributed by atoms with Crippen LogP contribution in [0.5, 0.6) is 0 Å². The van der Waals surface area contributed by atoms with Crippen LogP contribution in [0.4, 0.5) is 9.59 Å². The zero-order chi connectivity index (χ0) is 23.8. The highest BCUT2D eigenvalue weighted by atomic mass is 32.1. The van der Waals surface area contributed by atoms with Crippen LogP contribution in [0, 0.1) is 23.2 Å². The van der Waals surface area contributed by atoms with Crippen LogP contribution < -0.4 is 10.6 Å². The molecule has 0 heterocycles. The molecule has 0 saturated heterocycles. The van der Waals surface area contributed by atoms with E-state index < -0.39 is 17.6 Å². The van der Waals surface area contributed by atoms with E-state index in [4.69, 9.17) is 14.2 Å². The molecule has 1 aliphatic rings. The van der Waals surface area contributed by atoms with Gasteiger partial charge in [-0.2, -0.15) is 12.6 Å². The van der Waals surface area contributed by atoms with Crippen molar-refractivity contribution in [1.29, 1.82) is 0 Å². The van der Waals surface area contributed by atoms with Crippen molar-refractivity contribution in [2.45, 2.75) is 72.6 Å². The van der Waals surface area contributed by atoms with Gasteiger partial charge in [0.2, 0.25) is 0 Å². The molecular formula is C24H46N2O5S. The van der Waals surface area contributed by atoms with E-state index in [2.05, 4.69) is 37.1 Å². The number of amides is 2. The molecule has 1 saturated carbocycles. The van der Waals surface area contributed by atoms with Gasteiger partial charge in [0.25, 0.3) is 0 Å². The molecule has 0 radical (unpaired) electrons. The largest absolute Gasteiger partial charge is 0.449 e. The predicted molar refractivity (Wildman–Crippen MR) is 131 cm³/mol. The maximum absolute atomic E-state index is 12.5. The molecule has 1 fully saturated rings. The maximum atomic E-state index is 12.5. The molecule has 4 unspecified atom stereocenters. The summed E-state index contributed by atoms with van der Waals surface area (Å²) in [5, 5.41) is 5.60. The number of carbonyl (C=O) groups is 2. The molecule has 2 N–H and O–H groups in total. The van der Waals surface area contributed by atoms with E-state index in [0.29, 0.717) is 44.6 Å². The summed E-state index contributed by atoms with van der Waals surface area (Å²) in [4.78, 5) is 24.3. The topological polar surface area (TPSA) is 85.9 Å². The van der Waals surface area contributed by atoms with Gasteiger partial charge in [-0.1, -0.05) is 40.0 Å². The number of carbonyl (C=O) groups excluding carboxylic acids is 2. The fraction of sp³-hybridized carbons (Fsp3) is 0.917. The number of hydrogen-bond donors (Lipinski definition) is 3. The molecule has 4 atom stereocenters. The maximum Gasteiger partial charge on any atom is 0.407 e. The lowest BCUT2D eigenvalue weighted by atomic mass is 9.88. The fourth-order valence-corrected chi connectivity index (χ4v) is 4.65. The second-order valence-corrected chi connectivity index (χ2v) is 9.55. The lowest BCUT2D eigenvalue weighted by Crippen LogP contribution is -2.41. The lowest BCUT2D eigenvalue weighted by molar-refractivity contribution is -0.0380. The first-order valence-corrected chi connectivity index (χ1v) is 13.1. The minimum atomic E-state index is -0.579. The van der Waals surface area contributed by atoms with Crippen LogP contribution >= 0.6 is 12.6 Å². The summed E-state index contributed by atoms with van der Waals surface area (Å²) in [5.41, 5.74) is -0.579. The Balaban J connectivity index is 2.57.